The van der Waals surface area contributed by atoms with Gasteiger partial charge < -0.3 is 14.3 Å². The van der Waals surface area contributed by atoms with Crippen LogP contribution in [0.1, 0.15) is 6.42 Å². The molecule has 1 saturated heterocycles. The van der Waals surface area contributed by atoms with Crippen LogP contribution in [-0.4, -0.2) is 51.2 Å². The highest BCUT2D eigenvalue weighted by molar-refractivity contribution is 7.89. The van der Waals surface area contributed by atoms with Gasteiger partial charge in [-0.15, -0.1) is 0 Å². The molecule has 0 aliphatic carbocycles. The number of hydrogen-bond acceptors (Lipinski definition) is 7. The van der Waals surface area contributed by atoms with E-state index >= 15 is 0 Å². The van der Waals surface area contributed by atoms with Gasteiger partial charge in [0.15, 0.2) is 0 Å². The zero-order chi connectivity index (χ0) is 20.1. The summed E-state index contributed by atoms with van der Waals surface area (Å²) in [7, 11) is -1.36. The predicted molar refractivity (Wildman–Crippen MR) is 102 cm³/mol. The van der Waals surface area contributed by atoms with E-state index in [0.29, 0.717) is 17.2 Å². The SMILES string of the molecule is CO/N=C1/C[C@H](C(=O)OC)N(S(=O)(=O)c2ccc(Oc3ccccc3)cc2)C1. The molecule has 9 heteroatoms. The first-order valence-corrected chi connectivity index (χ1v) is 9.91. The number of carbonyl (C=O) groups is 1. The lowest BCUT2D eigenvalue weighted by molar-refractivity contribution is -0.144. The molecule has 0 N–H and O–H groups in total. The number of sulfonamides is 1. The van der Waals surface area contributed by atoms with Crippen molar-refractivity contribution in [1.29, 1.82) is 0 Å². The molecular weight excluding hydrogens is 384 g/mol. The summed E-state index contributed by atoms with van der Waals surface area (Å²) in [6, 6.07) is 14.2. The Morgan fingerprint density at radius 3 is 2.29 bits per heavy atom. The predicted octanol–water partition coefficient (Wildman–Crippen LogP) is 2.42. The second-order valence-corrected chi connectivity index (χ2v) is 7.91. The van der Waals surface area contributed by atoms with Crippen LogP contribution in [0.25, 0.3) is 0 Å². The van der Waals surface area contributed by atoms with E-state index in [9.17, 15) is 13.2 Å². The number of methoxy groups -OCH3 is 1. The van der Waals surface area contributed by atoms with Gasteiger partial charge in [-0.1, -0.05) is 23.4 Å². The fourth-order valence-corrected chi connectivity index (χ4v) is 4.47. The first-order valence-electron chi connectivity index (χ1n) is 8.47. The lowest BCUT2D eigenvalue weighted by atomic mass is 10.2. The third-order valence-electron chi connectivity index (χ3n) is 4.22. The van der Waals surface area contributed by atoms with E-state index in [1.807, 2.05) is 18.2 Å². The van der Waals surface area contributed by atoms with E-state index < -0.39 is 22.0 Å². The number of hydrogen-bond donors (Lipinski definition) is 0. The van der Waals surface area contributed by atoms with Crippen LogP contribution in [0.5, 0.6) is 11.5 Å². The molecule has 1 aliphatic rings. The number of oxime groups is 1. The summed E-state index contributed by atoms with van der Waals surface area (Å²) in [5.41, 5.74) is 0.450. The van der Waals surface area contributed by atoms with Gasteiger partial charge in [0.2, 0.25) is 10.0 Å². The Balaban J connectivity index is 1.84. The molecule has 2 aromatic rings. The number of benzene rings is 2. The van der Waals surface area contributed by atoms with Crippen molar-refractivity contribution >= 4 is 21.7 Å². The molecule has 0 saturated carbocycles. The Kier molecular flexibility index (Phi) is 5.96. The molecule has 0 spiro atoms. The van der Waals surface area contributed by atoms with E-state index in [0.717, 1.165) is 4.31 Å². The van der Waals surface area contributed by atoms with Crippen LogP contribution in [0.4, 0.5) is 0 Å². The average Bonchev–Trinajstić information content (AvgIpc) is 3.14. The Hall–Kier alpha value is -2.91. The molecule has 8 nitrogen and oxygen atoms in total. The van der Waals surface area contributed by atoms with Crippen molar-refractivity contribution in [1.82, 2.24) is 4.31 Å². The van der Waals surface area contributed by atoms with Crippen molar-refractivity contribution in [2.24, 2.45) is 5.16 Å². The minimum absolute atomic E-state index is 0.0421. The molecule has 0 bridgehead atoms. The molecule has 1 fully saturated rings. The van der Waals surface area contributed by atoms with E-state index in [4.69, 9.17) is 14.3 Å². The molecule has 2 aromatic carbocycles. The highest BCUT2D eigenvalue weighted by atomic mass is 32.2. The van der Waals surface area contributed by atoms with Crippen molar-refractivity contribution in [3.05, 3.63) is 54.6 Å². The third kappa shape index (κ3) is 4.15. The van der Waals surface area contributed by atoms with Crippen molar-refractivity contribution in [3.8, 4) is 11.5 Å². The van der Waals surface area contributed by atoms with E-state index in [2.05, 4.69) is 5.16 Å². The van der Waals surface area contributed by atoms with Crippen LogP contribution in [0, 0.1) is 0 Å². The summed E-state index contributed by atoms with van der Waals surface area (Å²) in [5, 5.41) is 3.79. The van der Waals surface area contributed by atoms with Crippen LogP contribution in [0.2, 0.25) is 0 Å². The lowest BCUT2D eigenvalue weighted by Gasteiger charge is -2.21. The number of rotatable bonds is 6. The van der Waals surface area contributed by atoms with Crippen LogP contribution in [-0.2, 0) is 24.4 Å². The fraction of sp³-hybridized carbons (Fsp3) is 0.263. The summed E-state index contributed by atoms with van der Waals surface area (Å²) in [6.45, 7) is -0.0434. The standard InChI is InChI=1S/C19H20N2O6S/c1-25-19(22)18-12-14(20-26-2)13-21(18)28(23,24)17-10-8-16(9-11-17)27-15-6-4-3-5-7-15/h3-11,18H,12-13H2,1-2H3/b20-14-/t18-/m1/s1. The summed E-state index contributed by atoms with van der Waals surface area (Å²) >= 11 is 0. The van der Waals surface area contributed by atoms with Gasteiger partial charge in [-0.25, -0.2) is 8.42 Å². The normalized spacial score (nSPS) is 18.8. The van der Waals surface area contributed by atoms with Crippen molar-refractivity contribution in [3.63, 3.8) is 0 Å². The average molecular weight is 404 g/mol. The number of carbonyl (C=O) groups excluding carboxylic acids is 1. The first-order chi connectivity index (χ1) is 13.5. The van der Waals surface area contributed by atoms with E-state index in [-0.39, 0.29) is 17.9 Å². The molecule has 0 amide bonds. The fourth-order valence-electron chi connectivity index (χ4n) is 2.90. The summed E-state index contributed by atoms with van der Waals surface area (Å²) in [4.78, 5) is 16.8. The summed E-state index contributed by atoms with van der Waals surface area (Å²) < 4.78 is 37.6. The van der Waals surface area contributed by atoms with Crippen molar-refractivity contribution in [2.45, 2.75) is 17.4 Å². The minimum atomic E-state index is -3.94. The third-order valence-corrected chi connectivity index (χ3v) is 6.09. The first kappa shape index (κ1) is 19.8. The summed E-state index contributed by atoms with van der Waals surface area (Å²) in [6.07, 6.45) is 0.120. The summed E-state index contributed by atoms with van der Waals surface area (Å²) in [5.74, 6) is 0.496. The molecule has 0 aromatic heterocycles. The molecule has 28 heavy (non-hydrogen) atoms. The van der Waals surface area contributed by atoms with Gasteiger partial charge in [0.25, 0.3) is 0 Å². The molecule has 1 atom stereocenters. The van der Waals surface area contributed by atoms with Gasteiger partial charge in [0.05, 0.1) is 24.3 Å². The van der Waals surface area contributed by atoms with Gasteiger partial charge >= 0.3 is 5.97 Å². The topological polar surface area (TPSA) is 94.5 Å². The van der Waals surface area contributed by atoms with Crippen molar-refractivity contribution < 1.29 is 27.5 Å². The number of esters is 1. The molecule has 1 heterocycles. The van der Waals surface area contributed by atoms with Gasteiger partial charge in [-0.3, -0.25) is 4.79 Å². The Morgan fingerprint density at radius 2 is 1.68 bits per heavy atom. The largest absolute Gasteiger partial charge is 0.468 e. The minimum Gasteiger partial charge on any atom is -0.468 e. The van der Waals surface area contributed by atoms with Crippen LogP contribution in [0.3, 0.4) is 0 Å². The molecular formula is C19H20N2O6S. The Morgan fingerprint density at radius 1 is 1.04 bits per heavy atom. The quantitative estimate of drug-likeness (QED) is 0.542. The maximum atomic E-state index is 13.1. The molecule has 0 unspecified atom stereocenters. The van der Waals surface area contributed by atoms with Crippen LogP contribution < -0.4 is 4.74 Å². The Bertz CT molecular complexity index is 958. The highest BCUT2D eigenvalue weighted by Crippen LogP contribution is 2.28. The van der Waals surface area contributed by atoms with Crippen LogP contribution in [0.15, 0.2) is 64.6 Å². The van der Waals surface area contributed by atoms with Crippen molar-refractivity contribution in [2.75, 3.05) is 20.8 Å². The van der Waals surface area contributed by atoms with Gasteiger partial charge in [-0.2, -0.15) is 4.31 Å². The van der Waals surface area contributed by atoms with Gasteiger partial charge in [-0.05, 0) is 36.4 Å². The van der Waals surface area contributed by atoms with Gasteiger partial charge in [0, 0.05) is 6.42 Å². The monoisotopic (exact) mass is 404 g/mol. The second kappa shape index (κ2) is 8.41. The number of para-hydroxylation sites is 1. The lowest BCUT2D eigenvalue weighted by Crippen LogP contribution is -2.41. The molecule has 1 aliphatic heterocycles. The maximum Gasteiger partial charge on any atom is 0.324 e. The smallest absolute Gasteiger partial charge is 0.324 e. The zero-order valence-corrected chi connectivity index (χ0v) is 16.3. The molecule has 3 rings (SSSR count). The Labute approximate surface area is 163 Å². The van der Waals surface area contributed by atoms with Crippen LogP contribution >= 0.6 is 0 Å². The maximum absolute atomic E-state index is 13.1. The number of ether oxygens (including phenoxy) is 2. The second-order valence-electron chi connectivity index (χ2n) is 6.02. The highest BCUT2D eigenvalue weighted by Gasteiger charge is 2.43. The van der Waals surface area contributed by atoms with Gasteiger partial charge in [0.1, 0.15) is 24.7 Å². The number of nitrogens with zero attached hydrogens (tertiary/aromatic N) is 2. The molecule has 148 valence electrons. The zero-order valence-electron chi connectivity index (χ0n) is 15.4. The molecule has 0 radical (unpaired) electrons. The van der Waals surface area contributed by atoms with E-state index in [1.54, 1.807) is 24.3 Å². The van der Waals surface area contributed by atoms with E-state index in [1.165, 1.54) is 26.4 Å².